The fraction of sp³-hybridized carbons (Fsp3) is 0.600. The van der Waals surface area contributed by atoms with Crippen molar-refractivity contribution in [2.45, 2.75) is 13.1 Å². The number of alkyl halides is 3. The quantitative estimate of drug-likeness (QED) is 0.836. The summed E-state index contributed by atoms with van der Waals surface area (Å²) >= 11 is 0. The van der Waals surface area contributed by atoms with Crippen molar-refractivity contribution < 1.29 is 17.9 Å². The molecular formula is C10H15F3N4O. The predicted octanol–water partition coefficient (Wildman–Crippen LogP) is 1.20. The van der Waals surface area contributed by atoms with Crippen LogP contribution in [0.15, 0.2) is 12.3 Å². The van der Waals surface area contributed by atoms with E-state index in [0.717, 1.165) is 4.90 Å². The second-order valence-electron chi connectivity index (χ2n) is 3.45. The van der Waals surface area contributed by atoms with E-state index >= 15 is 0 Å². The maximum absolute atomic E-state index is 12.4. The van der Waals surface area contributed by atoms with Crippen molar-refractivity contribution in [1.82, 2.24) is 9.97 Å². The van der Waals surface area contributed by atoms with Crippen LogP contribution in [0.4, 0.5) is 19.1 Å². The highest BCUT2D eigenvalue weighted by Gasteiger charge is 2.31. The second kappa shape index (κ2) is 6.39. The molecule has 0 saturated carbocycles. The molecule has 2 N–H and O–H groups in total. The van der Waals surface area contributed by atoms with Gasteiger partial charge in [0.25, 0.3) is 0 Å². The molecule has 0 radical (unpaired) electrons. The third kappa shape index (κ3) is 4.74. The molecule has 1 aromatic rings. The molecule has 5 nitrogen and oxygen atoms in total. The van der Waals surface area contributed by atoms with Crippen LogP contribution in [0.1, 0.15) is 6.92 Å². The van der Waals surface area contributed by atoms with E-state index in [2.05, 4.69) is 9.97 Å². The largest absolute Gasteiger partial charge is 0.478 e. The van der Waals surface area contributed by atoms with Crippen LogP contribution in [-0.2, 0) is 0 Å². The summed E-state index contributed by atoms with van der Waals surface area (Å²) in [5, 5.41) is 0. The summed E-state index contributed by atoms with van der Waals surface area (Å²) in [6.07, 6.45) is -2.98. The van der Waals surface area contributed by atoms with Crippen molar-refractivity contribution in [1.29, 1.82) is 0 Å². The van der Waals surface area contributed by atoms with Gasteiger partial charge in [0.05, 0.1) is 6.61 Å². The molecule has 8 heteroatoms. The lowest BCUT2D eigenvalue weighted by atomic mass is 10.4. The van der Waals surface area contributed by atoms with E-state index in [-0.39, 0.29) is 24.9 Å². The van der Waals surface area contributed by atoms with Gasteiger partial charge in [0.2, 0.25) is 11.8 Å². The van der Waals surface area contributed by atoms with E-state index in [9.17, 15) is 13.2 Å². The topological polar surface area (TPSA) is 64.3 Å². The molecule has 0 amide bonds. The van der Waals surface area contributed by atoms with Crippen LogP contribution in [0, 0.1) is 0 Å². The highest BCUT2D eigenvalue weighted by atomic mass is 19.4. The van der Waals surface area contributed by atoms with Crippen molar-refractivity contribution in [3.05, 3.63) is 12.3 Å². The molecule has 0 aliphatic carbocycles. The first-order chi connectivity index (χ1) is 8.46. The zero-order valence-electron chi connectivity index (χ0n) is 9.94. The molecule has 18 heavy (non-hydrogen) atoms. The fourth-order valence-corrected chi connectivity index (χ4v) is 1.34. The van der Waals surface area contributed by atoms with Crippen LogP contribution in [0.3, 0.4) is 0 Å². The van der Waals surface area contributed by atoms with Crippen LogP contribution in [-0.4, -0.2) is 42.4 Å². The average Bonchev–Trinajstić information content (AvgIpc) is 2.28. The fourth-order valence-electron chi connectivity index (χ4n) is 1.34. The van der Waals surface area contributed by atoms with Crippen LogP contribution in [0.5, 0.6) is 5.88 Å². The van der Waals surface area contributed by atoms with Crippen molar-refractivity contribution in [3.63, 3.8) is 0 Å². The minimum Gasteiger partial charge on any atom is -0.478 e. The number of halogens is 3. The highest BCUT2D eigenvalue weighted by Crippen LogP contribution is 2.20. The molecule has 0 bridgehead atoms. The van der Waals surface area contributed by atoms with E-state index in [4.69, 9.17) is 10.5 Å². The van der Waals surface area contributed by atoms with E-state index in [1.165, 1.54) is 12.3 Å². The number of aromatic nitrogens is 2. The molecule has 1 aromatic heterocycles. The summed E-state index contributed by atoms with van der Waals surface area (Å²) in [5.41, 5.74) is 5.29. The summed E-state index contributed by atoms with van der Waals surface area (Å²) in [7, 11) is 0. The molecule has 0 aliphatic rings. The number of hydrogen-bond acceptors (Lipinski definition) is 5. The van der Waals surface area contributed by atoms with E-state index < -0.39 is 12.7 Å². The number of nitrogens with zero attached hydrogens (tertiary/aromatic N) is 3. The number of ether oxygens (including phenoxy) is 1. The maximum atomic E-state index is 12.4. The molecular weight excluding hydrogens is 249 g/mol. The van der Waals surface area contributed by atoms with Crippen molar-refractivity contribution in [2.75, 3.05) is 31.1 Å². The molecule has 1 rings (SSSR count). The first kappa shape index (κ1) is 14.5. The Morgan fingerprint density at radius 2 is 2.17 bits per heavy atom. The number of nitrogens with two attached hydrogens (primary N) is 1. The van der Waals surface area contributed by atoms with Crippen molar-refractivity contribution in [2.24, 2.45) is 5.73 Å². The zero-order chi connectivity index (χ0) is 13.6. The summed E-state index contributed by atoms with van der Waals surface area (Å²) in [4.78, 5) is 8.68. The van der Waals surface area contributed by atoms with Crippen LogP contribution in [0.25, 0.3) is 0 Å². The van der Waals surface area contributed by atoms with Gasteiger partial charge in [-0.15, -0.1) is 0 Å². The van der Waals surface area contributed by atoms with Gasteiger partial charge in [-0.05, 0) is 6.92 Å². The van der Waals surface area contributed by atoms with Gasteiger partial charge >= 0.3 is 6.18 Å². The Balaban J connectivity index is 2.87. The second-order valence-corrected chi connectivity index (χ2v) is 3.45. The standard InChI is InChI=1S/C10H15F3N4O/c1-2-18-8-3-5-15-9(16-8)17(6-4-14)7-10(11,12)13/h3,5H,2,4,6-7,14H2,1H3. The molecule has 0 unspecified atom stereocenters. The van der Waals surface area contributed by atoms with Gasteiger partial charge in [-0.3, -0.25) is 0 Å². The molecule has 0 fully saturated rings. The molecule has 0 spiro atoms. The van der Waals surface area contributed by atoms with Gasteiger partial charge in [-0.2, -0.15) is 18.2 Å². The third-order valence-corrected chi connectivity index (χ3v) is 1.96. The summed E-state index contributed by atoms with van der Waals surface area (Å²) < 4.78 is 42.3. The van der Waals surface area contributed by atoms with E-state index in [1.54, 1.807) is 6.92 Å². The number of anilines is 1. The Morgan fingerprint density at radius 3 is 2.72 bits per heavy atom. The van der Waals surface area contributed by atoms with Gasteiger partial charge in [0, 0.05) is 25.4 Å². The van der Waals surface area contributed by atoms with Gasteiger partial charge in [0.1, 0.15) is 6.54 Å². The Kier molecular flexibility index (Phi) is 5.14. The van der Waals surface area contributed by atoms with E-state index in [1.807, 2.05) is 0 Å². The monoisotopic (exact) mass is 264 g/mol. The lowest BCUT2D eigenvalue weighted by molar-refractivity contribution is -0.119. The first-order valence-corrected chi connectivity index (χ1v) is 5.44. The summed E-state index contributed by atoms with van der Waals surface area (Å²) in [6, 6.07) is 1.49. The minimum absolute atomic E-state index is 0.0229. The molecule has 102 valence electrons. The molecule has 0 atom stereocenters. The molecule has 0 aliphatic heterocycles. The molecule has 1 heterocycles. The molecule has 0 aromatic carbocycles. The molecule has 0 saturated heterocycles. The zero-order valence-corrected chi connectivity index (χ0v) is 9.94. The number of hydrogen-bond donors (Lipinski definition) is 1. The third-order valence-electron chi connectivity index (χ3n) is 1.96. The van der Waals surface area contributed by atoms with Gasteiger partial charge in [-0.1, -0.05) is 0 Å². The average molecular weight is 264 g/mol. The first-order valence-electron chi connectivity index (χ1n) is 5.44. The highest BCUT2D eigenvalue weighted by molar-refractivity contribution is 5.32. The van der Waals surface area contributed by atoms with Crippen molar-refractivity contribution in [3.8, 4) is 5.88 Å². The summed E-state index contributed by atoms with van der Waals surface area (Å²) in [6.45, 7) is 1.11. The van der Waals surface area contributed by atoms with Crippen LogP contribution < -0.4 is 15.4 Å². The minimum atomic E-state index is -4.33. The van der Waals surface area contributed by atoms with Crippen LogP contribution >= 0.6 is 0 Å². The normalized spacial score (nSPS) is 11.4. The Bertz CT molecular complexity index is 372. The summed E-state index contributed by atoms with van der Waals surface area (Å²) in [5.74, 6) is 0.204. The Labute approximate surface area is 103 Å². The number of rotatable bonds is 6. The van der Waals surface area contributed by atoms with E-state index in [0.29, 0.717) is 6.61 Å². The van der Waals surface area contributed by atoms with Crippen molar-refractivity contribution >= 4 is 5.95 Å². The Hall–Kier alpha value is -1.57. The van der Waals surface area contributed by atoms with Gasteiger partial charge in [0.15, 0.2) is 0 Å². The van der Waals surface area contributed by atoms with Crippen LogP contribution in [0.2, 0.25) is 0 Å². The smallest absolute Gasteiger partial charge is 0.406 e. The predicted molar refractivity (Wildman–Crippen MR) is 60.5 cm³/mol. The maximum Gasteiger partial charge on any atom is 0.406 e. The van der Waals surface area contributed by atoms with Gasteiger partial charge in [-0.25, -0.2) is 4.98 Å². The SMILES string of the molecule is CCOc1ccnc(N(CCN)CC(F)(F)F)n1. The lowest BCUT2D eigenvalue weighted by Gasteiger charge is -2.23. The lowest BCUT2D eigenvalue weighted by Crippen LogP contribution is -2.38. The van der Waals surface area contributed by atoms with Gasteiger partial charge < -0.3 is 15.4 Å². The Morgan fingerprint density at radius 1 is 1.44 bits per heavy atom.